The molecule has 0 bridgehead atoms. The summed E-state index contributed by atoms with van der Waals surface area (Å²) in [7, 11) is 2.05. The Morgan fingerprint density at radius 3 is 2.38 bits per heavy atom. The van der Waals surface area contributed by atoms with Gasteiger partial charge in [-0.3, -0.25) is 24.5 Å². The molecule has 2 saturated heterocycles. The van der Waals surface area contributed by atoms with Crippen LogP contribution in [0.5, 0.6) is 0 Å². The summed E-state index contributed by atoms with van der Waals surface area (Å²) < 4.78 is 0. The van der Waals surface area contributed by atoms with Crippen LogP contribution < -0.4 is 5.32 Å². The smallest absolute Gasteiger partial charge is 0.239 e. The summed E-state index contributed by atoms with van der Waals surface area (Å²) in [5.41, 5.74) is 1.75. The molecule has 2 aliphatic rings. The first-order valence-corrected chi connectivity index (χ1v) is 9.56. The molecule has 2 amide bonds. The fourth-order valence-corrected chi connectivity index (χ4v) is 3.88. The molecule has 0 aliphatic carbocycles. The molecule has 1 N–H and O–H groups in total. The average molecular weight is 359 g/mol. The van der Waals surface area contributed by atoms with E-state index in [9.17, 15) is 9.59 Å². The Kier molecular flexibility index (Phi) is 6.19. The lowest BCUT2D eigenvalue weighted by Crippen LogP contribution is -2.47. The van der Waals surface area contributed by atoms with E-state index in [1.165, 1.54) is 6.92 Å². The van der Waals surface area contributed by atoms with E-state index in [1.54, 1.807) is 6.20 Å². The van der Waals surface area contributed by atoms with Crippen molar-refractivity contribution in [1.82, 2.24) is 25.1 Å². The molecule has 3 heterocycles. The van der Waals surface area contributed by atoms with Crippen molar-refractivity contribution >= 4 is 11.8 Å². The molecule has 0 radical (unpaired) electrons. The molecular weight excluding hydrogens is 330 g/mol. The predicted octanol–water partition coefficient (Wildman–Crippen LogP) is 0.988. The Morgan fingerprint density at radius 2 is 1.81 bits per heavy atom. The van der Waals surface area contributed by atoms with Crippen LogP contribution in [0.1, 0.15) is 44.0 Å². The first-order chi connectivity index (χ1) is 12.5. The van der Waals surface area contributed by atoms with Crippen molar-refractivity contribution in [2.75, 3.05) is 26.7 Å². The zero-order valence-electron chi connectivity index (χ0n) is 15.8. The number of carbonyl (C=O) groups excluding carboxylic acids is 2. The number of piperidine rings is 1. The second-order valence-corrected chi connectivity index (χ2v) is 7.52. The second-order valence-electron chi connectivity index (χ2n) is 7.52. The number of likely N-dealkylation sites (N-methyl/N-ethyl adjacent to an activating group) is 1. The lowest BCUT2D eigenvalue weighted by molar-refractivity contribution is -0.137. The van der Waals surface area contributed by atoms with E-state index in [-0.39, 0.29) is 11.9 Å². The lowest BCUT2D eigenvalue weighted by atomic mass is 9.92. The number of amides is 2. The van der Waals surface area contributed by atoms with Crippen LogP contribution >= 0.6 is 0 Å². The number of likely N-dealkylation sites (tertiary alicyclic amines) is 2. The van der Waals surface area contributed by atoms with E-state index in [1.807, 2.05) is 11.1 Å². The largest absolute Gasteiger partial charge is 0.351 e. The molecule has 1 aromatic rings. The molecule has 0 spiro atoms. The van der Waals surface area contributed by atoms with Gasteiger partial charge in [-0.1, -0.05) is 0 Å². The van der Waals surface area contributed by atoms with Crippen LogP contribution in [0.15, 0.2) is 12.4 Å². The highest BCUT2D eigenvalue weighted by Crippen LogP contribution is 2.24. The van der Waals surface area contributed by atoms with Crippen LogP contribution in [0.3, 0.4) is 0 Å². The van der Waals surface area contributed by atoms with E-state index in [4.69, 9.17) is 0 Å². The fourth-order valence-electron chi connectivity index (χ4n) is 3.88. The van der Waals surface area contributed by atoms with E-state index >= 15 is 0 Å². The molecule has 142 valence electrons. The maximum absolute atomic E-state index is 12.7. The molecule has 7 heteroatoms. The molecule has 0 saturated carbocycles. The SMILES string of the molecule is CC(=O)NCc1cnc(CC2CCN(C(=O)[C@H]3CCCN3C)CC2)cn1. The third-order valence-electron chi connectivity index (χ3n) is 5.51. The molecule has 1 atom stereocenters. The van der Waals surface area contributed by atoms with Crippen LogP contribution in [0, 0.1) is 5.92 Å². The van der Waals surface area contributed by atoms with Gasteiger partial charge in [-0.2, -0.15) is 0 Å². The van der Waals surface area contributed by atoms with Crippen molar-refractivity contribution in [3.8, 4) is 0 Å². The Bertz CT molecular complexity index is 625. The Balaban J connectivity index is 1.45. The maximum Gasteiger partial charge on any atom is 0.239 e. The molecule has 2 aliphatic heterocycles. The number of carbonyl (C=O) groups is 2. The minimum absolute atomic E-state index is 0.0685. The third-order valence-corrected chi connectivity index (χ3v) is 5.51. The van der Waals surface area contributed by atoms with Gasteiger partial charge in [0.1, 0.15) is 0 Å². The summed E-state index contributed by atoms with van der Waals surface area (Å²) in [4.78, 5) is 36.7. The normalized spacial score (nSPS) is 21.8. The maximum atomic E-state index is 12.7. The molecule has 3 rings (SSSR count). The lowest BCUT2D eigenvalue weighted by Gasteiger charge is -2.34. The van der Waals surface area contributed by atoms with Crippen LogP contribution in [-0.2, 0) is 22.6 Å². The summed E-state index contributed by atoms with van der Waals surface area (Å²) >= 11 is 0. The fraction of sp³-hybridized carbons (Fsp3) is 0.684. The van der Waals surface area contributed by atoms with Crippen LogP contribution in [0.4, 0.5) is 0 Å². The second kappa shape index (κ2) is 8.58. The summed E-state index contributed by atoms with van der Waals surface area (Å²) in [6.07, 6.45) is 8.62. The van der Waals surface area contributed by atoms with Crippen LogP contribution in [0.2, 0.25) is 0 Å². The number of rotatable bonds is 5. The van der Waals surface area contributed by atoms with Gasteiger partial charge in [-0.15, -0.1) is 0 Å². The molecule has 26 heavy (non-hydrogen) atoms. The number of hydrogen-bond acceptors (Lipinski definition) is 5. The van der Waals surface area contributed by atoms with Gasteiger partial charge in [-0.05, 0) is 51.6 Å². The topological polar surface area (TPSA) is 78.4 Å². The number of nitrogens with zero attached hydrogens (tertiary/aromatic N) is 4. The van der Waals surface area contributed by atoms with Crippen molar-refractivity contribution < 1.29 is 9.59 Å². The summed E-state index contributed by atoms with van der Waals surface area (Å²) in [5.74, 6) is 0.794. The van der Waals surface area contributed by atoms with E-state index < -0.39 is 0 Å². The Labute approximate surface area is 155 Å². The first-order valence-electron chi connectivity index (χ1n) is 9.56. The first kappa shape index (κ1) is 18.8. The Hall–Kier alpha value is -2.02. The van der Waals surface area contributed by atoms with E-state index in [0.29, 0.717) is 18.4 Å². The van der Waals surface area contributed by atoms with E-state index in [0.717, 1.165) is 63.1 Å². The molecule has 2 fully saturated rings. The molecule has 1 aromatic heterocycles. The summed E-state index contributed by atoms with van der Waals surface area (Å²) in [6.45, 7) is 4.63. The molecule has 7 nitrogen and oxygen atoms in total. The number of hydrogen-bond donors (Lipinski definition) is 1. The monoisotopic (exact) mass is 359 g/mol. The Morgan fingerprint density at radius 1 is 1.12 bits per heavy atom. The molecule has 0 aromatic carbocycles. The predicted molar refractivity (Wildman–Crippen MR) is 98.2 cm³/mol. The van der Waals surface area contributed by atoms with Gasteiger partial charge in [0, 0.05) is 26.2 Å². The zero-order chi connectivity index (χ0) is 18.5. The van der Waals surface area contributed by atoms with Crippen LogP contribution in [-0.4, -0.2) is 64.3 Å². The highest BCUT2D eigenvalue weighted by atomic mass is 16.2. The van der Waals surface area contributed by atoms with Gasteiger partial charge in [-0.25, -0.2) is 0 Å². The number of nitrogens with one attached hydrogen (secondary N) is 1. The summed E-state index contributed by atoms with van der Waals surface area (Å²) in [5, 5.41) is 2.72. The average Bonchev–Trinajstić information content (AvgIpc) is 3.07. The minimum atomic E-state index is -0.0685. The summed E-state index contributed by atoms with van der Waals surface area (Å²) in [6, 6.07) is 0.0913. The van der Waals surface area contributed by atoms with Crippen LogP contribution in [0.25, 0.3) is 0 Å². The quantitative estimate of drug-likeness (QED) is 0.848. The minimum Gasteiger partial charge on any atom is -0.351 e. The van der Waals surface area contributed by atoms with Crippen molar-refractivity contribution in [2.24, 2.45) is 5.92 Å². The van der Waals surface area contributed by atoms with Gasteiger partial charge in [0.2, 0.25) is 11.8 Å². The van der Waals surface area contributed by atoms with Crippen molar-refractivity contribution in [3.05, 3.63) is 23.8 Å². The van der Waals surface area contributed by atoms with Gasteiger partial charge in [0.05, 0.1) is 30.2 Å². The zero-order valence-corrected chi connectivity index (χ0v) is 15.8. The standard InChI is InChI=1S/C19H29N5O2/c1-14(25)20-12-17-13-21-16(11-22-17)10-15-5-8-24(9-6-15)19(26)18-4-3-7-23(18)2/h11,13,15,18H,3-10,12H2,1-2H3,(H,20,25)/t18-/m1/s1. The third kappa shape index (κ3) is 4.78. The van der Waals surface area contributed by atoms with Crippen molar-refractivity contribution in [3.63, 3.8) is 0 Å². The van der Waals surface area contributed by atoms with E-state index in [2.05, 4.69) is 27.2 Å². The number of aromatic nitrogens is 2. The molecular formula is C19H29N5O2. The highest BCUT2D eigenvalue weighted by Gasteiger charge is 2.33. The van der Waals surface area contributed by atoms with Gasteiger partial charge in [0.25, 0.3) is 0 Å². The van der Waals surface area contributed by atoms with Gasteiger partial charge < -0.3 is 10.2 Å². The van der Waals surface area contributed by atoms with Crippen molar-refractivity contribution in [2.45, 2.75) is 51.6 Å². The van der Waals surface area contributed by atoms with Crippen molar-refractivity contribution in [1.29, 1.82) is 0 Å². The van der Waals surface area contributed by atoms with Gasteiger partial charge >= 0.3 is 0 Å². The highest BCUT2D eigenvalue weighted by molar-refractivity contribution is 5.82. The van der Waals surface area contributed by atoms with Gasteiger partial charge in [0.15, 0.2) is 0 Å². The molecule has 0 unspecified atom stereocenters.